The number of hydrogen-bond acceptors (Lipinski definition) is 3. The number of esters is 1. The molecule has 0 unspecified atom stereocenters. The summed E-state index contributed by atoms with van der Waals surface area (Å²) in [5, 5.41) is 0. The number of anilines is 1. The number of aryl methyl sites for hydroxylation is 1. The van der Waals surface area contributed by atoms with Crippen molar-refractivity contribution in [2.45, 2.75) is 26.7 Å². The van der Waals surface area contributed by atoms with Gasteiger partial charge in [0.25, 0.3) is 0 Å². The highest BCUT2D eigenvalue weighted by Crippen LogP contribution is 2.23. The molecule has 0 saturated heterocycles. The van der Waals surface area contributed by atoms with Gasteiger partial charge in [0.1, 0.15) is 0 Å². The number of nitrogens with two attached hydrogens (primary N) is 1. The fourth-order valence-corrected chi connectivity index (χ4v) is 1.75. The number of carbonyl (C=O) groups excluding carboxylic acids is 1. The monoisotopic (exact) mass is 207 g/mol. The molecule has 0 fully saturated rings. The van der Waals surface area contributed by atoms with Gasteiger partial charge in [-0.15, -0.1) is 0 Å². The Kier molecular flexibility index (Phi) is 3.72. The summed E-state index contributed by atoms with van der Waals surface area (Å²) in [5.41, 5.74) is 9.22. The average molecular weight is 207 g/mol. The minimum absolute atomic E-state index is 0.371. The Labute approximate surface area is 90.2 Å². The van der Waals surface area contributed by atoms with E-state index in [0.29, 0.717) is 11.3 Å². The van der Waals surface area contributed by atoms with E-state index in [4.69, 9.17) is 5.73 Å². The van der Waals surface area contributed by atoms with E-state index in [1.165, 1.54) is 12.7 Å². The predicted octanol–water partition coefficient (Wildman–Crippen LogP) is 2.18. The first-order valence-electron chi connectivity index (χ1n) is 5.14. The van der Waals surface area contributed by atoms with Crippen LogP contribution in [0.5, 0.6) is 0 Å². The number of rotatable bonds is 3. The highest BCUT2D eigenvalue weighted by Gasteiger charge is 2.14. The van der Waals surface area contributed by atoms with E-state index in [1.807, 2.05) is 13.0 Å². The normalized spacial score (nSPS) is 10.1. The van der Waals surface area contributed by atoms with Gasteiger partial charge < -0.3 is 10.5 Å². The van der Waals surface area contributed by atoms with Crippen LogP contribution in [0, 0.1) is 0 Å². The molecular weight excluding hydrogens is 190 g/mol. The minimum Gasteiger partial charge on any atom is -0.465 e. The third-order valence-electron chi connectivity index (χ3n) is 2.59. The Hall–Kier alpha value is -1.51. The first-order valence-corrected chi connectivity index (χ1v) is 5.14. The van der Waals surface area contributed by atoms with Gasteiger partial charge in [-0.05, 0) is 30.0 Å². The van der Waals surface area contributed by atoms with Crippen LogP contribution in [0.15, 0.2) is 12.1 Å². The molecule has 0 bridgehead atoms. The fourth-order valence-electron chi connectivity index (χ4n) is 1.75. The zero-order valence-electron chi connectivity index (χ0n) is 9.46. The van der Waals surface area contributed by atoms with Crippen molar-refractivity contribution in [2.75, 3.05) is 12.8 Å². The second-order valence-electron chi connectivity index (χ2n) is 3.36. The molecule has 0 spiro atoms. The Morgan fingerprint density at radius 2 is 2.00 bits per heavy atom. The van der Waals surface area contributed by atoms with Crippen LogP contribution in [0.4, 0.5) is 5.69 Å². The van der Waals surface area contributed by atoms with Crippen LogP contribution < -0.4 is 5.73 Å². The van der Waals surface area contributed by atoms with E-state index in [1.54, 1.807) is 6.07 Å². The van der Waals surface area contributed by atoms with Crippen molar-refractivity contribution in [1.29, 1.82) is 0 Å². The molecule has 0 saturated carbocycles. The van der Waals surface area contributed by atoms with Gasteiger partial charge in [0.2, 0.25) is 0 Å². The Morgan fingerprint density at radius 3 is 2.47 bits per heavy atom. The number of ether oxygens (including phenoxy) is 1. The molecule has 15 heavy (non-hydrogen) atoms. The summed E-state index contributed by atoms with van der Waals surface area (Å²) in [6.45, 7) is 4.11. The summed E-state index contributed by atoms with van der Waals surface area (Å²) in [6, 6.07) is 3.68. The highest BCUT2D eigenvalue weighted by atomic mass is 16.5. The number of benzene rings is 1. The molecule has 0 amide bonds. The van der Waals surface area contributed by atoms with Crippen LogP contribution >= 0.6 is 0 Å². The lowest BCUT2D eigenvalue weighted by Crippen LogP contribution is -2.09. The number of methoxy groups -OCH3 is 1. The van der Waals surface area contributed by atoms with E-state index in [9.17, 15) is 4.79 Å². The summed E-state index contributed by atoms with van der Waals surface area (Å²) in [6.07, 6.45) is 1.76. The first-order chi connectivity index (χ1) is 7.15. The molecule has 82 valence electrons. The van der Waals surface area contributed by atoms with Crippen molar-refractivity contribution in [2.24, 2.45) is 0 Å². The van der Waals surface area contributed by atoms with E-state index in [0.717, 1.165) is 18.4 Å². The summed E-state index contributed by atoms with van der Waals surface area (Å²) in [4.78, 5) is 11.4. The van der Waals surface area contributed by atoms with E-state index < -0.39 is 0 Å². The lowest BCUT2D eigenvalue weighted by Gasteiger charge is -2.12. The molecule has 0 aromatic heterocycles. The average Bonchev–Trinajstić information content (AvgIpc) is 2.27. The third-order valence-corrected chi connectivity index (χ3v) is 2.59. The molecule has 0 aliphatic carbocycles. The molecule has 3 heteroatoms. The van der Waals surface area contributed by atoms with E-state index >= 15 is 0 Å². The van der Waals surface area contributed by atoms with Crippen LogP contribution in [0.3, 0.4) is 0 Å². The van der Waals surface area contributed by atoms with Gasteiger partial charge in [-0.3, -0.25) is 0 Å². The lowest BCUT2D eigenvalue weighted by molar-refractivity contribution is 0.0602. The third kappa shape index (κ3) is 2.12. The molecule has 1 aromatic carbocycles. The topological polar surface area (TPSA) is 52.3 Å². The summed E-state index contributed by atoms with van der Waals surface area (Å²) < 4.78 is 4.67. The second-order valence-corrected chi connectivity index (χ2v) is 3.36. The number of hydrogen-bond donors (Lipinski definition) is 1. The maximum Gasteiger partial charge on any atom is 0.339 e. The van der Waals surface area contributed by atoms with E-state index in [-0.39, 0.29) is 5.97 Å². The lowest BCUT2D eigenvalue weighted by atomic mass is 9.97. The zero-order valence-corrected chi connectivity index (χ0v) is 9.46. The van der Waals surface area contributed by atoms with Gasteiger partial charge in [0.15, 0.2) is 0 Å². The summed E-state index contributed by atoms with van der Waals surface area (Å²) in [5.74, 6) is -0.371. The van der Waals surface area contributed by atoms with Gasteiger partial charge in [-0.2, -0.15) is 0 Å². The van der Waals surface area contributed by atoms with Crippen molar-refractivity contribution >= 4 is 11.7 Å². The molecular formula is C12H17NO2. The predicted molar refractivity (Wildman–Crippen MR) is 60.9 cm³/mol. The Bertz CT molecular complexity index is 372. The van der Waals surface area contributed by atoms with Gasteiger partial charge in [0, 0.05) is 5.69 Å². The van der Waals surface area contributed by atoms with Gasteiger partial charge in [-0.25, -0.2) is 4.79 Å². The van der Waals surface area contributed by atoms with E-state index in [2.05, 4.69) is 11.7 Å². The quantitative estimate of drug-likeness (QED) is 0.610. The van der Waals surface area contributed by atoms with Gasteiger partial charge in [0.05, 0.1) is 12.7 Å². The second kappa shape index (κ2) is 4.82. The molecule has 2 N–H and O–H groups in total. The van der Waals surface area contributed by atoms with Crippen molar-refractivity contribution in [3.8, 4) is 0 Å². The molecule has 0 heterocycles. The fraction of sp³-hybridized carbons (Fsp3) is 0.417. The van der Waals surface area contributed by atoms with Crippen molar-refractivity contribution in [3.05, 3.63) is 28.8 Å². The van der Waals surface area contributed by atoms with Gasteiger partial charge in [-0.1, -0.05) is 19.9 Å². The van der Waals surface area contributed by atoms with Crippen LogP contribution in [0.1, 0.15) is 35.3 Å². The van der Waals surface area contributed by atoms with Crippen molar-refractivity contribution < 1.29 is 9.53 Å². The first kappa shape index (κ1) is 11.6. The Balaban J connectivity index is 3.29. The highest BCUT2D eigenvalue weighted by molar-refractivity contribution is 5.96. The number of nitrogen functional groups attached to an aromatic ring is 1. The maximum absolute atomic E-state index is 11.4. The molecule has 0 radical (unpaired) electrons. The van der Waals surface area contributed by atoms with Crippen LogP contribution in [-0.2, 0) is 17.6 Å². The number of carbonyl (C=O) groups is 1. The zero-order chi connectivity index (χ0) is 11.4. The molecule has 0 aliphatic heterocycles. The Morgan fingerprint density at radius 1 is 1.33 bits per heavy atom. The van der Waals surface area contributed by atoms with Crippen LogP contribution in [-0.4, -0.2) is 13.1 Å². The van der Waals surface area contributed by atoms with Crippen molar-refractivity contribution in [3.63, 3.8) is 0 Å². The molecule has 1 rings (SSSR count). The maximum atomic E-state index is 11.4. The smallest absolute Gasteiger partial charge is 0.339 e. The molecule has 1 aromatic rings. The van der Waals surface area contributed by atoms with Crippen LogP contribution in [0.25, 0.3) is 0 Å². The molecule has 3 nitrogen and oxygen atoms in total. The standard InChI is InChI=1S/C12H17NO2/c1-4-8-6-7-10(12(14)15-3)11(13)9(8)5-2/h6-7H,4-5,13H2,1-3H3. The summed E-state index contributed by atoms with van der Waals surface area (Å²) >= 11 is 0. The SMILES string of the molecule is CCc1ccc(C(=O)OC)c(N)c1CC. The summed E-state index contributed by atoms with van der Waals surface area (Å²) in [7, 11) is 1.36. The molecule has 0 aliphatic rings. The minimum atomic E-state index is -0.371. The van der Waals surface area contributed by atoms with Gasteiger partial charge >= 0.3 is 5.97 Å². The molecule has 0 atom stereocenters. The van der Waals surface area contributed by atoms with Crippen LogP contribution in [0.2, 0.25) is 0 Å². The largest absolute Gasteiger partial charge is 0.465 e. The van der Waals surface area contributed by atoms with Crippen molar-refractivity contribution in [1.82, 2.24) is 0 Å².